The molecule has 68 valence electrons. The van der Waals surface area contributed by atoms with Crippen LogP contribution in [0.2, 0.25) is 4.47 Å². The highest BCUT2D eigenvalue weighted by molar-refractivity contribution is 7.22. The molecule has 0 aliphatic heterocycles. The van der Waals surface area contributed by atoms with E-state index >= 15 is 0 Å². The van der Waals surface area contributed by atoms with E-state index in [0.29, 0.717) is 14.9 Å². The maximum absolute atomic E-state index is 13.1. The van der Waals surface area contributed by atoms with E-state index in [4.69, 9.17) is 16.3 Å². The van der Waals surface area contributed by atoms with Crippen LogP contribution in [-0.4, -0.2) is 12.1 Å². The first kappa shape index (κ1) is 8.72. The lowest BCUT2D eigenvalue weighted by Crippen LogP contribution is -1.84. The van der Waals surface area contributed by atoms with Gasteiger partial charge in [0.2, 0.25) is 0 Å². The summed E-state index contributed by atoms with van der Waals surface area (Å²) in [6, 6.07) is 2.88. The van der Waals surface area contributed by atoms with Crippen molar-refractivity contribution in [2.45, 2.75) is 0 Å². The quantitative estimate of drug-likeness (QED) is 0.732. The second-order valence-corrected chi connectivity index (χ2v) is 3.98. The average Bonchev–Trinajstić information content (AvgIpc) is 2.48. The number of methoxy groups -OCH3 is 1. The molecule has 0 unspecified atom stereocenters. The first-order valence-electron chi connectivity index (χ1n) is 3.51. The Bertz CT molecular complexity index is 457. The molecule has 0 atom stereocenters. The summed E-state index contributed by atoms with van der Waals surface area (Å²) in [5.41, 5.74) is 0.273. The minimum absolute atomic E-state index is 0.273. The zero-order chi connectivity index (χ0) is 9.42. The van der Waals surface area contributed by atoms with Gasteiger partial charge in [0.15, 0.2) is 10.3 Å². The number of aromatic nitrogens is 1. The Hall–Kier alpha value is -0.870. The molecule has 0 N–H and O–H groups in total. The van der Waals surface area contributed by atoms with Gasteiger partial charge in [0, 0.05) is 0 Å². The summed E-state index contributed by atoms with van der Waals surface area (Å²) in [7, 11) is 1.53. The molecule has 0 saturated heterocycles. The van der Waals surface area contributed by atoms with Gasteiger partial charge >= 0.3 is 0 Å². The van der Waals surface area contributed by atoms with Crippen molar-refractivity contribution in [2.75, 3.05) is 7.11 Å². The van der Waals surface area contributed by atoms with E-state index in [1.54, 1.807) is 6.07 Å². The molecule has 5 heteroatoms. The van der Waals surface area contributed by atoms with Crippen molar-refractivity contribution < 1.29 is 9.13 Å². The minimum Gasteiger partial charge on any atom is -0.495 e. The van der Waals surface area contributed by atoms with E-state index in [-0.39, 0.29) is 11.3 Å². The van der Waals surface area contributed by atoms with E-state index in [0.717, 1.165) is 0 Å². The highest BCUT2D eigenvalue weighted by Crippen LogP contribution is 2.34. The lowest BCUT2D eigenvalue weighted by atomic mass is 10.3. The Balaban J connectivity index is 2.83. The number of rotatable bonds is 1. The molecule has 1 heterocycles. The lowest BCUT2D eigenvalue weighted by Gasteiger charge is -1.99. The van der Waals surface area contributed by atoms with Gasteiger partial charge in [-0.25, -0.2) is 9.37 Å². The number of halogens is 2. The predicted molar refractivity (Wildman–Crippen MR) is 51.1 cm³/mol. The van der Waals surface area contributed by atoms with E-state index in [1.807, 2.05) is 0 Å². The summed E-state index contributed by atoms with van der Waals surface area (Å²) in [6.07, 6.45) is 0. The van der Waals surface area contributed by atoms with E-state index < -0.39 is 0 Å². The molecule has 13 heavy (non-hydrogen) atoms. The predicted octanol–water partition coefficient (Wildman–Crippen LogP) is 3.10. The third kappa shape index (κ3) is 1.36. The van der Waals surface area contributed by atoms with Gasteiger partial charge in [0.25, 0.3) is 0 Å². The monoisotopic (exact) mass is 217 g/mol. The van der Waals surface area contributed by atoms with Crippen LogP contribution < -0.4 is 4.74 Å². The van der Waals surface area contributed by atoms with Gasteiger partial charge in [-0.05, 0) is 12.1 Å². The third-order valence-corrected chi connectivity index (χ3v) is 2.83. The van der Waals surface area contributed by atoms with Crippen LogP contribution in [-0.2, 0) is 0 Å². The molecule has 0 radical (unpaired) electrons. The summed E-state index contributed by atoms with van der Waals surface area (Å²) >= 11 is 6.88. The Morgan fingerprint density at radius 2 is 2.31 bits per heavy atom. The van der Waals surface area contributed by atoms with E-state index in [2.05, 4.69) is 4.98 Å². The van der Waals surface area contributed by atoms with Crippen molar-refractivity contribution in [1.82, 2.24) is 4.98 Å². The topological polar surface area (TPSA) is 22.1 Å². The second-order valence-electron chi connectivity index (χ2n) is 2.39. The maximum Gasteiger partial charge on any atom is 0.184 e. The van der Waals surface area contributed by atoms with Crippen molar-refractivity contribution in [3.63, 3.8) is 0 Å². The van der Waals surface area contributed by atoms with Crippen LogP contribution in [0.3, 0.4) is 0 Å². The zero-order valence-corrected chi connectivity index (χ0v) is 8.25. The summed E-state index contributed by atoms with van der Waals surface area (Å²) in [5.74, 6) is 0.222. The molecule has 2 rings (SSSR count). The number of nitrogens with zero attached hydrogens (tertiary/aromatic N) is 1. The van der Waals surface area contributed by atoms with Gasteiger partial charge in [-0.3, -0.25) is 0 Å². The van der Waals surface area contributed by atoms with Crippen LogP contribution in [0.25, 0.3) is 10.2 Å². The fourth-order valence-electron chi connectivity index (χ4n) is 1.09. The third-order valence-electron chi connectivity index (χ3n) is 1.65. The van der Waals surface area contributed by atoms with Gasteiger partial charge in [0.1, 0.15) is 16.0 Å². The first-order valence-corrected chi connectivity index (χ1v) is 4.70. The molecular weight excluding hydrogens is 213 g/mol. The number of thiazole rings is 1. The van der Waals surface area contributed by atoms with E-state index in [9.17, 15) is 4.39 Å². The van der Waals surface area contributed by atoms with Crippen LogP contribution >= 0.6 is 22.9 Å². The van der Waals surface area contributed by atoms with Crippen molar-refractivity contribution in [1.29, 1.82) is 0 Å². The summed E-state index contributed by atoms with van der Waals surface area (Å²) in [4.78, 5) is 3.85. The molecule has 0 saturated carbocycles. The van der Waals surface area contributed by atoms with Gasteiger partial charge in [-0.2, -0.15) is 0 Å². The fourth-order valence-corrected chi connectivity index (χ4v) is 2.20. The molecule has 0 bridgehead atoms. The largest absolute Gasteiger partial charge is 0.495 e. The molecule has 0 aliphatic carbocycles. The highest BCUT2D eigenvalue weighted by atomic mass is 35.5. The van der Waals surface area contributed by atoms with Crippen LogP contribution in [0.5, 0.6) is 5.75 Å². The SMILES string of the molecule is COc1ccc(F)c2nc(Cl)sc12. The molecule has 0 amide bonds. The normalized spacial score (nSPS) is 10.7. The second kappa shape index (κ2) is 3.12. The number of hydrogen-bond donors (Lipinski definition) is 0. The van der Waals surface area contributed by atoms with Crippen LogP contribution in [0.15, 0.2) is 12.1 Å². The summed E-state index contributed by atoms with van der Waals surface area (Å²) < 4.78 is 19.2. The van der Waals surface area contributed by atoms with Crippen LogP contribution in [0.1, 0.15) is 0 Å². The zero-order valence-electron chi connectivity index (χ0n) is 6.67. The van der Waals surface area contributed by atoms with Crippen LogP contribution in [0.4, 0.5) is 4.39 Å². The molecule has 0 spiro atoms. The fraction of sp³-hybridized carbons (Fsp3) is 0.125. The summed E-state index contributed by atoms with van der Waals surface area (Å²) in [5, 5.41) is 0. The number of hydrogen-bond acceptors (Lipinski definition) is 3. The highest BCUT2D eigenvalue weighted by Gasteiger charge is 2.11. The van der Waals surface area contributed by atoms with Gasteiger partial charge in [-0.15, -0.1) is 0 Å². The Kier molecular flexibility index (Phi) is 2.09. The molecule has 1 aromatic heterocycles. The van der Waals surface area contributed by atoms with Gasteiger partial charge < -0.3 is 4.74 Å². The molecule has 1 aromatic carbocycles. The molecule has 2 aromatic rings. The Labute approximate surface area is 82.9 Å². The Morgan fingerprint density at radius 1 is 1.54 bits per heavy atom. The molecule has 2 nitrogen and oxygen atoms in total. The lowest BCUT2D eigenvalue weighted by molar-refractivity contribution is 0.420. The van der Waals surface area contributed by atoms with Crippen molar-refractivity contribution >= 4 is 33.2 Å². The van der Waals surface area contributed by atoms with Crippen LogP contribution in [0, 0.1) is 5.82 Å². The van der Waals surface area contributed by atoms with Crippen molar-refractivity contribution in [3.8, 4) is 5.75 Å². The van der Waals surface area contributed by atoms with E-state index in [1.165, 1.54) is 24.5 Å². The maximum atomic E-state index is 13.1. The van der Waals surface area contributed by atoms with Crippen molar-refractivity contribution in [2.24, 2.45) is 0 Å². The molecule has 0 aliphatic rings. The first-order chi connectivity index (χ1) is 6.22. The standard InChI is InChI=1S/C8H5ClFNOS/c1-12-5-3-2-4(10)6-7(5)13-8(9)11-6/h2-3H,1H3. The Morgan fingerprint density at radius 3 is 3.00 bits per heavy atom. The molecule has 0 fully saturated rings. The minimum atomic E-state index is -0.376. The van der Waals surface area contributed by atoms with Crippen molar-refractivity contribution in [3.05, 3.63) is 22.4 Å². The molecular formula is C8H5ClFNOS. The van der Waals surface area contributed by atoms with Gasteiger partial charge in [0.05, 0.1) is 7.11 Å². The average molecular weight is 218 g/mol. The number of ether oxygens (including phenoxy) is 1. The number of benzene rings is 1. The summed E-state index contributed by atoms with van der Waals surface area (Å²) in [6.45, 7) is 0. The van der Waals surface area contributed by atoms with Gasteiger partial charge in [-0.1, -0.05) is 22.9 Å². The smallest absolute Gasteiger partial charge is 0.184 e. The number of fused-ring (bicyclic) bond motifs is 1.